The number of hydrogen-bond acceptors (Lipinski definition) is 5. The Bertz CT molecular complexity index is 877. The van der Waals surface area contributed by atoms with Crippen LogP contribution in [0, 0.1) is 0 Å². The second kappa shape index (κ2) is 8.09. The van der Waals surface area contributed by atoms with Crippen LogP contribution < -0.4 is 10.6 Å². The molecule has 6 nitrogen and oxygen atoms in total. The molecule has 0 aliphatic carbocycles. The van der Waals surface area contributed by atoms with E-state index in [1.807, 2.05) is 5.38 Å². The molecule has 0 aliphatic heterocycles. The van der Waals surface area contributed by atoms with Crippen LogP contribution >= 0.6 is 27.3 Å². The van der Waals surface area contributed by atoms with Crippen LogP contribution in [0.4, 0.5) is 5.69 Å². The van der Waals surface area contributed by atoms with Crippen molar-refractivity contribution in [3.63, 3.8) is 0 Å². The maximum atomic E-state index is 12.2. The molecule has 128 valence electrons. The van der Waals surface area contributed by atoms with E-state index in [0.717, 1.165) is 5.01 Å². The van der Waals surface area contributed by atoms with Crippen LogP contribution in [-0.2, 0) is 6.42 Å². The third kappa shape index (κ3) is 4.77. The Morgan fingerprint density at radius 1 is 1.20 bits per heavy atom. The number of amides is 2. The van der Waals surface area contributed by atoms with Gasteiger partial charge in [-0.15, -0.1) is 11.3 Å². The van der Waals surface area contributed by atoms with Crippen molar-refractivity contribution in [2.75, 3.05) is 11.9 Å². The normalized spacial score (nSPS) is 10.4. The highest BCUT2D eigenvalue weighted by molar-refractivity contribution is 9.10. The molecule has 0 saturated carbocycles. The zero-order valence-electron chi connectivity index (χ0n) is 13.0. The summed E-state index contributed by atoms with van der Waals surface area (Å²) >= 11 is 4.71. The number of aromatic nitrogens is 1. The van der Waals surface area contributed by atoms with Gasteiger partial charge in [0.05, 0.1) is 5.01 Å². The predicted molar refractivity (Wildman–Crippen MR) is 99.0 cm³/mol. The minimum atomic E-state index is -0.382. The van der Waals surface area contributed by atoms with Gasteiger partial charge in [0.25, 0.3) is 11.8 Å². The van der Waals surface area contributed by atoms with E-state index in [2.05, 4.69) is 31.5 Å². The van der Waals surface area contributed by atoms with Gasteiger partial charge in [-0.1, -0.05) is 6.07 Å². The van der Waals surface area contributed by atoms with Crippen LogP contribution in [0.3, 0.4) is 0 Å². The highest BCUT2D eigenvalue weighted by Gasteiger charge is 2.12. The average Bonchev–Trinajstić information content (AvgIpc) is 3.26. The maximum Gasteiger partial charge on any atom is 0.291 e. The van der Waals surface area contributed by atoms with Crippen LogP contribution in [0.25, 0.3) is 0 Å². The van der Waals surface area contributed by atoms with E-state index >= 15 is 0 Å². The zero-order chi connectivity index (χ0) is 17.6. The van der Waals surface area contributed by atoms with Gasteiger partial charge >= 0.3 is 0 Å². The van der Waals surface area contributed by atoms with Crippen molar-refractivity contribution in [2.45, 2.75) is 6.42 Å². The molecule has 3 aromatic rings. The summed E-state index contributed by atoms with van der Waals surface area (Å²) in [7, 11) is 0. The van der Waals surface area contributed by atoms with E-state index in [4.69, 9.17) is 4.42 Å². The van der Waals surface area contributed by atoms with Gasteiger partial charge in [0.1, 0.15) is 0 Å². The summed E-state index contributed by atoms with van der Waals surface area (Å²) < 4.78 is 5.68. The minimum absolute atomic E-state index is 0.185. The number of thiazole rings is 1. The summed E-state index contributed by atoms with van der Waals surface area (Å²) in [6.07, 6.45) is 2.43. The molecule has 3 rings (SSSR count). The highest BCUT2D eigenvalue weighted by atomic mass is 79.9. The number of rotatable bonds is 6. The summed E-state index contributed by atoms with van der Waals surface area (Å²) in [6.45, 7) is 0.503. The summed E-state index contributed by atoms with van der Waals surface area (Å²) in [5.41, 5.74) is 0.989. The van der Waals surface area contributed by atoms with Crippen molar-refractivity contribution in [2.24, 2.45) is 0 Å². The number of carbonyl (C=O) groups is 2. The number of furan rings is 1. The molecule has 0 saturated heterocycles. The van der Waals surface area contributed by atoms with Crippen molar-refractivity contribution < 1.29 is 14.0 Å². The molecule has 0 fully saturated rings. The lowest BCUT2D eigenvalue weighted by Crippen LogP contribution is -2.25. The van der Waals surface area contributed by atoms with Crippen LogP contribution in [0.1, 0.15) is 25.9 Å². The molecular weight excluding hydrogens is 406 g/mol. The third-order valence-corrected chi connectivity index (χ3v) is 4.55. The van der Waals surface area contributed by atoms with E-state index in [0.29, 0.717) is 28.9 Å². The molecule has 1 aromatic carbocycles. The monoisotopic (exact) mass is 419 g/mol. The second-order valence-electron chi connectivity index (χ2n) is 5.07. The molecule has 0 radical (unpaired) electrons. The SMILES string of the molecule is O=C(NCCc1nccs1)c1cccc(NC(=O)c2ccc(Br)o2)c1. The molecular formula is C17H14BrN3O3S. The number of halogens is 1. The third-order valence-electron chi connectivity index (χ3n) is 3.29. The van der Waals surface area contributed by atoms with Gasteiger partial charge in [-0.3, -0.25) is 9.59 Å². The van der Waals surface area contributed by atoms with Crippen molar-refractivity contribution in [3.8, 4) is 0 Å². The molecule has 2 heterocycles. The Hall–Kier alpha value is -2.45. The first-order chi connectivity index (χ1) is 12.1. The molecule has 0 bridgehead atoms. The first kappa shape index (κ1) is 17.4. The first-order valence-corrected chi connectivity index (χ1v) is 9.12. The topological polar surface area (TPSA) is 84.2 Å². The summed E-state index contributed by atoms with van der Waals surface area (Å²) in [5.74, 6) is -0.398. The van der Waals surface area contributed by atoms with E-state index in [1.165, 1.54) is 0 Å². The molecule has 2 N–H and O–H groups in total. The fraction of sp³-hybridized carbons (Fsp3) is 0.118. The molecule has 8 heteroatoms. The fourth-order valence-corrected chi connectivity index (χ4v) is 3.06. The summed E-state index contributed by atoms with van der Waals surface area (Å²) in [5, 5.41) is 8.43. The Balaban J connectivity index is 1.58. The van der Waals surface area contributed by atoms with Crippen LogP contribution in [0.15, 0.2) is 57.1 Å². The van der Waals surface area contributed by atoms with Crippen molar-refractivity contribution >= 4 is 44.8 Å². The zero-order valence-corrected chi connectivity index (χ0v) is 15.4. The van der Waals surface area contributed by atoms with Gasteiger partial charge in [-0.25, -0.2) is 4.98 Å². The number of carbonyl (C=O) groups excluding carboxylic acids is 2. The Labute approximate surface area is 156 Å². The molecule has 0 aliphatic rings. The van der Waals surface area contributed by atoms with Crippen LogP contribution in [-0.4, -0.2) is 23.3 Å². The van der Waals surface area contributed by atoms with E-state index in [1.54, 1.807) is 53.9 Å². The predicted octanol–water partition coefficient (Wildman–Crippen LogP) is 3.72. The minimum Gasteiger partial charge on any atom is -0.444 e. The lowest BCUT2D eigenvalue weighted by atomic mass is 10.2. The Morgan fingerprint density at radius 3 is 2.80 bits per heavy atom. The van der Waals surface area contributed by atoms with Gasteiger partial charge in [0.15, 0.2) is 10.4 Å². The lowest BCUT2D eigenvalue weighted by molar-refractivity contribution is 0.0952. The molecule has 0 unspecified atom stereocenters. The van der Waals surface area contributed by atoms with E-state index in [9.17, 15) is 9.59 Å². The highest BCUT2D eigenvalue weighted by Crippen LogP contribution is 2.17. The fourth-order valence-electron chi connectivity index (χ4n) is 2.13. The van der Waals surface area contributed by atoms with Crippen LogP contribution in [0.2, 0.25) is 0 Å². The van der Waals surface area contributed by atoms with Gasteiger partial charge in [-0.05, 0) is 46.3 Å². The van der Waals surface area contributed by atoms with Crippen molar-refractivity contribution in [1.29, 1.82) is 0 Å². The van der Waals surface area contributed by atoms with Gasteiger partial charge in [0.2, 0.25) is 0 Å². The number of nitrogens with zero attached hydrogens (tertiary/aromatic N) is 1. The van der Waals surface area contributed by atoms with E-state index in [-0.39, 0.29) is 17.6 Å². The second-order valence-corrected chi connectivity index (χ2v) is 6.83. The molecule has 2 aromatic heterocycles. The summed E-state index contributed by atoms with van der Waals surface area (Å²) in [6, 6.07) is 9.94. The first-order valence-electron chi connectivity index (χ1n) is 7.45. The maximum absolute atomic E-state index is 12.2. The van der Waals surface area contributed by atoms with Gasteiger partial charge in [-0.2, -0.15) is 0 Å². The molecule has 2 amide bonds. The number of benzene rings is 1. The van der Waals surface area contributed by atoms with Crippen molar-refractivity contribution in [1.82, 2.24) is 10.3 Å². The Kier molecular flexibility index (Phi) is 5.62. The number of nitrogens with one attached hydrogen (secondary N) is 2. The standard InChI is InChI=1S/C17H14BrN3O3S/c18-14-5-4-13(24-14)17(23)21-12-3-1-2-11(10-12)16(22)20-7-6-15-19-8-9-25-15/h1-5,8-10H,6-7H2,(H,20,22)(H,21,23). The largest absolute Gasteiger partial charge is 0.444 e. The summed E-state index contributed by atoms with van der Waals surface area (Å²) in [4.78, 5) is 28.5. The van der Waals surface area contributed by atoms with Gasteiger partial charge < -0.3 is 15.1 Å². The number of hydrogen-bond donors (Lipinski definition) is 2. The lowest BCUT2D eigenvalue weighted by Gasteiger charge is -2.07. The Morgan fingerprint density at radius 2 is 2.08 bits per heavy atom. The molecule has 0 atom stereocenters. The van der Waals surface area contributed by atoms with Gasteiger partial charge in [0, 0.05) is 35.8 Å². The molecule has 25 heavy (non-hydrogen) atoms. The quantitative estimate of drug-likeness (QED) is 0.637. The molecule has 0 spiro atoms. The smallest absolute Gasteiger partial charge is 0.291 e. The van der Waals surface area contributed by atoms with Crippen molar-refractivity contribution in [3.05, 3.63) is 69.0 Å². The van der Waals surface area contributed by atoms with E-state index < -0.39 is 0 Å². The van der Waals surface area contributed by atoms with Crippen LogP contribution in [0.5, 0.6) is 0 Å². The number of anilines is 1. The average molecular weight is 420 g/mol.